The van der Waals surface area contributed by atoms with Crippen molar-refractivity contribution in [1.82, 2.24) is 15.5 Å². The average molecular weight is 595 g/mol. The molecule has 1 aliphatic rings. The molecular weight excluding hydrogens is 552 g/mol. The molecule has 0 saturated carbocycles. The first-order chi connectivity index (χ1) is 20.5. The van der Waals surface area contributed by atoms with Gasteiger partial charge in [-0.05, 0) is 68.7 Å². The number of rotatable bonds is 15. The highest BCUT2D eigenvalue weighted by atomic mass is 16.4. The molecule has 1 heterocycles. The second-order valence-corrected chi connectivity index (χ2v) is 11.1. The fraction of sp³-hybridized carbons (Fsp3) is 0.452. The molecule has 8 N–H and O–H groups in total. The monoisotopic (exact) mass is 594 g/mol. The third-order valence-electron chi connectivity index (χ3n) is 7.52. The molecule has 3 rings (SSSR count). The van der Waals surface area contributed by atoms with Crippen LogP contribution in [0.15, 0.2) is 59.6 Å². The number of aliphatic imine (C=N–C) groups is 1. The highest BCUT2D eigenvalue weighted by Crippen LogP contribution is 2.22. The third kappa shape index (κ3) is 10.0. The summed E-state index contributed by atoms with van der Waals surface area (Å²) < 4.78 is 0. The summed E-state index contributed by atoms with van der Waals surface area (Å²) in [6.07, 6.45) is 3.13. The third-order valence-corrected chi connectivity index (χ3v) is 7.52. The van der Waals surface area contributed by atoms with Crippen molar-refractivity contribution in [3.8, 4) is 5.75 Å². The van der Waals surface area contributed by atoms with Gasteiger partial charge in [0.15, 0.2) is 5.96 Å². The number of nitrogens with two attached hydrogens (primary N) is 2. The van der Waals surface area contributed by atoms with Gasteiger partial charge in [-0.25, -0.2) is 4.79 Å². The Morgan fingerprint density at radius 3 is 2.40 bits per heavy atom. The highest BCUT2D eigenvalue weighted by Gasteiger charge is 2.41. The molecule has 0 aromatic heterocycles. The normalized spacial score (nSPS) is 16.5. The predicted octanol–water partition coefficient (Wildman–Crippen LogP) is 1.45. The van der Waals surface area contributed by atoms with E-state index in [0.29, 0.717) is 38.6 Å². The Balaban J connectivity index is 1.69. The van der Waals surface area contributed by atoms with Crippen LogP contribution < -0.4 is 22.1 Å². The first-order valence-electron chi connectivity index (χ1n) is 14.5. The second-order valence-electron chi connectivity index (χ2n) is 11.1. The van der Waals surface area contributed by atoms with E-state index in [1.54, 1.807) is 24.0 Å². The summed E-state index contributed by atoms with van der Waals surface area (Å²) in [5, 5.41) is 24.7. The summed E-state index contributed by atoms with van der Waals surface area (Å²) in [6, 6.07) is 14.0. The molecule has 1 saturated heterocycles. The number of amides is 3. The fourth-order valence-corrected chi connectivity index (χ4v) is 5.21. The van der Waals surface area contributed by atoms with E-state index in [4.69, 9.17) is 11.5 Å². The smallest absolute Gasteiger partial charge is 0.326 e. The van der Waals surface area contributed by atoms with Crippen LogP contribution in [0.3, 0.4) is 0 Å². The molecule has 12 heteroatoms. The zero-order valence-electron chi connectivity index (χ0n) is 24.5. The van der Waals surface area contributed by atoms with Gasteiger partial charge in [-0.1, -0.05) is 42.5 Å². The van der Waals surface area contributed by atoms with E-state index in [1.807, 2.05) is 42.5 Å². The standard InChI is InChI=1S/C31H42N6O6/c1-31(20-22-8-3-2-4-9-22,29(43)35-24(28(41)42)11-6-18-34-30(32)33)36-27(40)25-12-7-19-37(25)26(39)13-5-10-21-14-16-23(38)17-15-21/h2-4,8-9,14-17,24-25,38H,5-7,10-13,18-20H2,1H3,(H,35,43)(H,36,40)(H,41,42)(H4,32,33,34)/t24-,25-,31?/m0/s1. The van der Waals surface area contributed by atoms with Crippen LogP contribution >= 0.6 is 0 Å². The quantitative estimate of drug-likeness (QED) is 0.101. The molecule has 43 heavy (non-hydrogen) atoms. The lowest BCUT2D eigenvalue weighted by molar-refractivity contribution is -0.144. The topological polar surface area (TPSA) is 200 Å². The van der Waals surface area contributed by atoms with Gasteiger partial charge in [-0.3, -0.25) is 19.4 Å². The first-order valence-corrected chi connectivity index (χ1v) is 14.5. The molecule has 1 aliphatic heterocycles. The lowest BCUT2D eigenvalue weighted by Crippen LogP contribution is -2.63. The molecule has 1 fully saturated rings. The number of aromatic hydroxyl groups is 1. The molecule has 2 aromatic carbocycles. The summed E-state index contributed by atoms with van der Waals surface area (Å²) in [4.78, 5) is 57.7. The van der Waals surface area contributed by atoms with Crippen molar-refractivity contribution in [3.63, 3.8) is 0 Å². The average Bonchev–Trinajstić information content (AvgIpc) is 3.46. The summed E-state index contributed by atoms with van der Waals surface area (Å²) in [5.74, 6) is -2.39. The van der Waals surface area contributed by atoms with Crippen LogP contribution in [0, 0.1) is 0 Å². The van der Waals surface area contributed by atoms with Crippen LogP contribution in [0.4, 0.5) is 0 Å². The van der Waals surface area contributed by atoms with Crippen molar-refractivity contribution >= 4 is 29.7 Å². The number of nitrogens with one attached hydrogen (secondary N) is 2. The number of guanidine groups is 1. The number of aryl methyl sites for hydroxylation is 1. The molecule has 0 aliphatic carbocycles. The van der Waals surface area contributed by atoms with E-state index in [9.17, 15) is 29.4 Å². The Labute approximate surface area is 251 Å². The van der Waals surface area contributed by atoms with E-state index in [0.717, 1.165) is 11.1 Å². The van der Waals surface area contributed by atoms with Crippen LogP contribution in [-0.4, -0.2) is 75.5 Å². The minimum atomic E-state index is -1.50. The number of benzene rings is 2. The van der Waals surface area contributed by atoms with Crippen LogP contribution in [0.2, 0.25) is 0 Å². The molecule has 0 spiro atoms. The maximum Gasteiger partial charge on any atom is 0.326 e. The lowest BCUT2D eigenvalue weighted by Gasteiger charge is -2.34. The minimum absolute atomic E-state index is 0.0856. The summed E-state index contributed by atoms with van der Waals surface area (Å²) >= 11 is 0. The Bertz CT molecular complexity index is 1280. The number of phenolic OH excluding ortho intramolecular Hbond substituents is 1. The van der Waals surface area contributed by atoms with Gasteiger partial charge in [0, 0.05) is 25.9 Å². The molecular formula is C31H42N6O6. The van der Waals surface area contributed by atoms with Gasteiger partial charge < -0.3 is 37.2 Å². The van der Waals surface area contributed by atoms with Gasteiger partial charge in [0.1, 0.15) is 23.4 Å². The Kier molecular flexibility index (Phi) is 11.9. The number of carboxylic acid groups (broad SMARTS) is 1. The van der Waals surface area contributed by atoms with Gasteiger partial charge in [0.25, 0.3) is 0 Å². The van der Waals surface area contributed by atoms with Gasteiger partial charge in [-0.15, -0.1) is 0 Å². The summed E-state index contributed by atoms with van der Waals surface area (Å²) in [7, 11) is 0. The number of hydrogen-bond donors (Lipinski definition) is 6. The number of nitrogens with zero attached hydrogens (tertiary/aromatic N) is 2. The van der Waals surface area contributed by atoms with Crippen molar-refractivity contribution in [3.05, 3.63) is 65.7 Å². The number of phenols is 1. The lowest BCUT2D eigenvalue weighted by atomic mass is 9.90. The largest absolute Gasteiger partial charge is 0.508 e. The number of carbonyl (C=O) groups excluding carboxylic acids is 3. The number of aliphatic carboxylic acids is 1. The van der Waals surface area contributed by atoms with Gasteiger partial charge in [0.05, 0.1) is 0 Å². The van der Waals surface area contributed by atoms with Gasteiger partial charge in [-0.2, -0.15) is 0 Å². The van der Waals surface area contributed by atoms with Crippen molar-refractivity contribution in [2.75, 3.05) is 13.1 Å². The molecule has 232 valence electrons. The number of carboxylic acids is 1. The fourth-order valence-electron chi connectivity index (χ4n) is 5.21. The zero-order valence-corrected chi connectivity index (χ0v) is 24.5. The Hall–Kier alpha value is -4.61. The van der Waals surface area contributed by atoms with Crippen LogP contribution in [0.25, 0.3) is 0 Å². The highest BCUT2D eigenvalue weighted by molar-refractivity contribution is 5.96. The van der Waals surface area contributed by atoms with Crippen molar-refractivity contribution in [2.24, 2.45) is 16.5 Å². The molecule has 12 nitrogen and oxygen atoms in total. The van der Waals surface area contributed by atoms with Crippen LogP contribution in [-0.2, 0) is 32.0 Å². The van der Waals surface area contributed by atoms with Gasteiger partial charge >= 0.3 is 5.97 Å². The Morgan fingerprint density at radius 1 is 1.05 bits per heavy atom. The van der Waals surface area contributed by atoms with Crippen LogP contribution in [0.5, 0.6) is 5.75 Å². The molecule has 1 unspecified atom stereocenters. The van der Waals surface area contributed by atoms with E-state index < -0.39 is 35.4 Å². The predicted molar refractivity (Wildman–Crippen MR) is 162 cm³/mol. The SMILES string of the molecule is CC(Cc1ccccc1)(NC(=O)[C@@H]1CCCN1C(=O)CCCc1ccc(O)cc1)C(=O)N[C@@H](CCCN=C(N)N)C(=O)O. The van der Waals surface area contributed by atoms with Crippen LogP contribution in [0.1, 0.15) is 56.6 Å². The molecule has 3 amide bonds. The number of likely N-dealkylation sites (tertiary alicyclic amines) is 1. The van der Waals surface area contributed by atoms with Crippen molar-refractivity contribution in [2.45, 2.75) is 75.9 Å². The van der Waals surface area contributed by atoms with E-state index in [2.05, 4.69) is 15.6 Å². The summed E-state index contributed by atoms with van der Waals surface area (Å²) in [5.41, 5.74) is 10.9. The van der Waals surface area contributed by atoms with E-state index in [-0.39, 0.29) is 43.4 Å². The minimum Gasteiger partial charge on any atom is -0.508 e. The Morgan fingerprint density at radius 2 is 1.74 bits per heavy atom. The zero-order chi connectivity index (χ0) is 31.4. The molecule has 0 bridgehead atoms. The summed E-state index contributed by atoms with van der Waals surface area (Å²) in [6.45, 7) is 2.21. The van der Waals surface area contributed by atoms with Crippen molar-refractivity contribution < 1.29 is 29.4 Å². The molecule has 0 radical (unpaired) electrons. The maximum atomic E-state index is 13.6. The first kappa shape index (κ1) is 32.9. The maximum absolute atomic E-state index is 13.6. The van der Waals surface area contributed by atoms with Crippen molar-refractivity contribution in [1.29, 1.82) is 0 Å². The molecule has 3 atom stereocenters. The van der Waals surface area contributed by atoms with Gasteiger partial charge in [0.2, 0.25) is 17.7 Å². The second kappa shape index (κ2) is 15.6. The van der Waals surface area contributed by atoms with E-state index >= 15 is 0 Å². The van der Waals surface area contributed by atoms with E-state index in [1.165, 1.54) is 0 Å². The number of carbonyl (C=O) groups is 4. The number of hydrogen-bond acceptors (Lipinski definition) is 6. The molecule has 2 aromatic rings.